The van der Waals surface area contributed by atoms with Crippen LogP contribution in [0.3, 0.4) is 0 Å². The fourth-order valence-corrected chi connectivity index (χ4v) is 2.98. The van der Waals surface area contributed by atoms with Gasteiger partial charge in [-0.15, -0.1) is 0 Å². The van der Waals surface area contributed by atoms with Gasteiger partial charge in [0.15, 0.2) is 0 Å². The lowest BCUT2D eigenvalue weighted by Gasteiger charge is -2.12. The van der Waals surface area contributed by atoms with E-state index < -0.39 is 10.1 Å². The molecule has 0 radical (unpaired) electrons. The van der Waals surface area contributed by atoms with E-state index in [1.54, 1.807) is 30.3 Å². The molecule has 0 atom stereocenters. The van der Waals surface area contributed by atoms with Crippen LogP contribution in [0.25, 0.3) is 10.8 Å². The van der Waals surface area contributed by atoms with Gasteiger partial charge in [0.25, 0.3) is 10.1 Å². The summed E-state index contributed by atoms with van der Waals surface area (Å²) < 4.78 is 38.3. The Balaban J connectivity index is 2.44. The molecule has 4 nitrogen and oxygen atoms in total. The smallest absolute Gasteiger partial charge is 0.298 e. The van der Waals surface area contributed by atoms with E-state index in [0.717, 1.165) is 24.6 Å². The highest BCUT2D eigenvalue weighted by molar-refractivity contribution is 7.86. The minimum absolute atomic E-state index is 0.146. The van der Waals surface area contributed by atoms with Gasteiger partial charge < -0.3 is 4.74 Å². The van der Waals surface area contributed by atoms with Crippen molar-refractivity contribution in [2.24, 2.45) is 0 Å². The van der Waals surface area contributed by atoms with E-state index in [2.05, 4.69) is 6.92 Å². The second-order valence-electron chi connectivity index (χ2n) is 4.64. The molecule has 2 rings (SSSR count). The van der Waals surface area contributed by atoms with Crippen LogP contribution in [0.5, 0.6) is 5.75 Å². The third-order valence-corrected chi connectivity index (χ3v) is 4.04. The summed E-state index contributed by atoms with van der Waals surface area (Å²) in [7, 11) is -4.33. The summed E-state index contributed by atoms with van der Waals surface area (Å²) in [4.78, 5) is -0.146. The number of fused-ring (bicyclic) bond motifs is 1. The van der Waals surface area contributed by atoms with Gasteiger partial charge in [0.2, 0.25) is 0 Å². The van der Waals surface area contributed by atoms with Crippen molar-refractivity contribution in [2.75, 3.05) is 6.61 Å². The van der Waals surface area contributed by atoms with E-state index in [1.165, 1.54) is 0 Å². The Morgan fingerprint density at radius 3 is 2.55 bits per heavy atom. The van der Waals surface area contributed by atoms with Crippen molar-refractivity contribution >= 4 is 20.9 Å². The maximum atomic E-state index is 11.6. The first-order chi connectivity index (χ1) is 9.54. The molecule has 5 heteroatoms. The van der Waals surface area contributed by atoms with Gasteiger partial charge in [0.05, 0.1) is 6.61 Å². The van der Waals surface area contributed by atoms with Crippen LogP contribution in [0, 0.1) is 0 Å². The van der Waals surface area contributed by atoms with Gasteiger partial charge in [-0.3, -0.25) is 4.55 Å². The van der Waals surface area contributed by atoms with Crippen molar-refractivity contribution in [3.8, 4) is 5.75 Å². The van der Waals surface area contributed by atoms with Crippen LogP contribution in [-0.4, -0.2) is 19.6 Å². The molecule has 0 bridgehead atoms. The third kappa shape index (κ3) is 3.29. The third-order valence-electron chi connectivity index (χ3n) is 3.11. The number of hydrogen-bond donors (Lipinski definition) is 1. The average molecular weight is 294 g/mol. The highest BCUT2D eigenvalue weighted by Gasteiger charge is 2.20. The standard InChI is InChI=1S/C15H18O4S/c1-2-3-6-11-19-14-10-9-12-7-4-5-8-13(12)15(14)20(16,17)18/h4-5,7-10H,2-3,6,11H2,1H3,(H,16,17,18). The lowest BCUT2D eigenvalue weighted by Crippen LogP contribution is -2.05. The molecule has 0 amide bonds. The maximum Gasteiger partial charge on any atom is 0.298 e. The Labute approximate surface area is 119 Å². The molecular weight excluding hydrogens is 276 g/mol. The molecule has 0 heterocycles. The summed E-state index contributed by atoms with van der Waals surface area (Å²) in [6, 6.07) is 10.4. The molecule has 20 heavy (non-hydrogen) atoms. The molecular formula is C15H18O4S. The van der Waals surface area contributed by atoms with Crippen molar-refractivity contribution < 1.29 is 17.7 Å². The summed E-state index contributed by atoms with van der Waals surface area (Å²) in [5.74, 6) is 0.210. The Bertz CT molecular complexity index is 692. The zero-order valence-corrected chi connectivity index (χ0v) is 12.2. The molecule has 0 aliphatic carbocycles. The van der Waals surface area contributed by atoms with Crippen molar-refractivity contribution in [1.29, 1.82) is 0 Å². The monoisotopic (exact) mass is 294 g/mol. The van der Waals surface area contributed by atoms with Gasteiger partial charge in [0, 0.05) is 5.39 Å². The number of ether oxygens (including phenoxy) is 1. The Hall–Kier alpha value is -1.59. The largest absolute Gasteiger partial charge is 0.492 e. The van der Waals surface area contributed by atoms with Gasteiger partial charge in [-0.25, -0.2) is 0 Å². The minimum Gasteiger partial charge on any atom is -0.492 e. The van der Waals surface area contributed by atoms with E-state index in [1.807, 2.05) is 6.07 Å². The topological polar surface area (TPSA) is 63.6 Å². The molecule has 0 fully saturated rings. The predicted molar refractivity (Wildman–Crippen MR) is 78.8 cm³/mol. The number of unbranched alkanes of at least 4 members (excludes halogenated alkanes) is 2. The van der Waals surface area contributed by atoms with E-state index in [0.29, 0.717) is 12.0 Å². The predicted octanol–water partition coefficient (Wildman–Crippen LogP) is 3.66. The molecule has 1 N–H and O–H groups in total. The van der Waals surface area contributed by atoms with Crippen LogP contribution >= 0.6 is 0 Å². The van der Waals surface area contributed by atoms with Crippen molar-refractivity contribution in [2.45, 2.75) is 31.1 Å². The molecule has 0 saturated carbocycles. The molecule has 0 unspecified atom stereocenters. The summed E-state index contributed by atoms with van der Waals surface area (Å²) in [5, 5.41) is 1.23. The molecule has 2 aromatic rings. The van der Waals surface area contributed by atoms with E-state index in [4.69, 9.17) is 4.74 Å². The summed E-state index contributed by atoms with van der Waals surface area (Å²) in [5.41, 5.74) is 0. The first-order valence-corrected chi connectivity index (χ1v) is 8.10. The first-order valence-electron chi connectivity index (χ1n) is 6.66. The fourth-order valence-electron chi connectivity index (χ4n) is 2.14. The fraction of sp³-hybridized carbons (Fsp3) is 0.333. The van der Waals surface area contributed by atoms with Crippen molar-refractivity contribution in [1.82, 2.24) is 0 Å². The highest BCUT2D eigenvalue weighted by atomic mass is 32.2. The lowest BCUT2D eigenvalue weighted by molar-refractivity contribution is 0.298. The molecule has 0 saturated heterocycles. The Morgan fingerprint density at radius 1 is 1.10 bits per heavy atom. The zero-order valence-electron chi connectivity index (χ0n) is 11.4. The first kappa shape index (κ1) is 14.8. The van der Waals surface area contributed by atoms with E-state index in [-0.39, 0.29) is 10.6 Å². The summed E-state index contributed by atoms with van der Waals surface area (Å²) in [6.07, 6.45) is 2.94. The van der Waals surface area contributed by atoms with Crippen LogP contribution < -0.4 is 4.74 Å². The highest BCUT2D eigenvalue weighted by Crippen LogP contribution is 2.32. The molecule has 108 valence electrons. The zero-order chi connectivity index (χ0) is 14.6. The van der Waals surface area contributed by atoms with E-state index >= 15 is 0 Å². The average Bonchev–Trinajstić information content (AvgIpc) is 2.41. The summed E-state index contributed by atoms with van der Waals surface area (Å²) in [6.45, 7) is 2.52. The molecule has 0 aliphatic heterocycles. The quantitative estimate of drug-likeness (QED) is 0.652. The van der Waals surface area contributed by atoms with Crippen LogP contribution in [0.2, 0.25) is 0 Å². The maximum absolute atomic E-state index is 11.6. The van der Waals surface area contributed by atoms with Gasteiger partial charge in [0.1, 0.15) is 10.6 Å². The summed E-state index contributed by atoms with van der Waals surface area (Å²) >= 11 is 0. The van der Waals surface area contributed by atoms with Crippen LogP contribution in [0.4, 0.5) is 0 Å². The number of benzene rings is 2. The van der Waals surface area contributed by atoms with Crippen molar-refractivity contribution in [3.63, 3.8) is 0 Å². The lowest BCUT2D eigenvalue weighted by atomic mass is 10.1. The van der Waals surface area contributed by atoms with Crippen LogP contribution in [0.15, 0.2) is 41.3 Å². The number of hydrogen-bond acceptors (Lipinski definition) is 3. The SMILES string of the molecule is CCCCCOc1ccc2ccccc2c1S(=O)(=O)O. The van der Waals surface area contributed by atoms with Crippen molar-refractivity contribution in [3.05, 3.63) is 36.4 Å². The van der Waals surface area contributed by atoms with Crippen LogP contribution in [0.1, 0.15) is 26.2 Å². The van der Waals surface area contributed by atoms with Gasteiger partial charge in [-0.05, 0) is 17.9 Å². The molecule has 0 aromatic heterocycles. The van der Waals surface area contributed by atoms with E-state index in [9.17, 15) is 13.0 Å². The normalized spacial score (nSPS) is 11.7. The molecule has 2 aromatic carbocycles. The Kier molecular flexibility index (Phi) is 4.62. The van der Waals surface area contributed by atoms with Gasteiger partial charge in [-0.1, -0.05) is 50.1 Å². The second kappa shape index (κ2) is 6.24. The molecule has 0 spiro atoms. The number of rotatable bonds is 6. The van der Waals surface area contributed by atoms with Crippen LogP contribution in [-0.2, 0) is 10.1 Å². The second-order valence-corrected chi connectivity index (χ2v) is 6.00. The minimum atomic E-state index is -4.33. The molecule has 0 aliphatic rings. The van der Waals surface area contributed by atoms with Gasteiger partial charge in [-0.2, -0.15) is 8.42 Å². The Morgan fingerprint density at radius 2 is 1.85 bits per heavy atom. The van der Waals surface area contributed by atoms with Gasteiger partial charge >= 0.3 is 0 Å².